The van der Waals surface area contributed by atoms with Crippen LogP contribution in [0.25, 0.3) is 11.0 Å². The molecule has 8 heteroatoms. The monoisotopic (exact) mass is 454 g/mol. The second kappa shape index (κ2) is 8.56. The molecule has 0 spiro atoms. The highest BCUT2D eigenvalue weighted by Crippen LogP contribution is 2.30. The maximum absolute atomic E-state index is 13.7. The number of hydrogen-bond acceptors (Lipinski definition) is 6. The fraction of sp³-hybridized carbons (Fsp3) is 0.583. The molecule has 1 aliphatic rings. The van der Waals surface area contributed by atoms with Crippen LogP contribution in [0.3, 0.4) is 0 Å². The molecule has 0 saturated carbocycles. The van der Waals surface area contributed by atoms with E-state index in [1.54, 1.807) is 11.3 Å². The van der Waals surface area contributed by atoms with Gasteiger partial charge in [-0.05, 0) is 46.6 Å². The van der Waals surface area contributed by atoms with E-state index >= 15 is 0 Å². The lowest BCUT2D eigenvalue weighted by Gasteiger charge is -2.34. The van der Waals surface area contributed by atoms with E-state index < -0.39 is 0 Å². The molecular weight excluding hydrogens is 420 g/mol. The normalized spacial score (nSPS) is 15.8. The molecule has 172 valence electrons. The predicted octanol–water partition coefficient (Wildman–Crippen LogP) is 4.34. The van der Waals surface area contributed by atoms with Gasteiger partial charge in [0.05, 0.1) is 32.9 Å². The standard InChI is InChI=1S/C24H34N6OS/c1-15(2)20-12-19(21-16(3)27-30(22(21)26-20)24(5,6)7)23(31)29-10-8-28(9-11-29)13-18-14-32-17(4)25-18/h12,14-15H,8-11,13H2,1-7H3. The van der Waals surface area contributed by atoms with Crippen molar-refractivity contribution in [1.29, 1.82) is 0 Å². The molecule has 1 amide bonds. The third-order valence-corrected chi connectivity index (χ3v) is 6.82. The highest BCUT2D eigenvalue weighted by molar-refractivity contribution is 7.09. The Balaban J connectivity index is 1.61. The fourth-order valence-corrected chi connectivity index (χ4v) is 4.83. The largest absolute Gasteiger partial charge is 0.336 e. The molecule has 4 rings (SSSR count). The van der Waals surface area contributed by atoms with Gasteiger partial charge in [-0.3, -0.25) is 9.69 Å². The Labute approximate surface area is 194 Å². The first-order valence-electron chi connectivity index (χ1n) is 11.4. The van der Waals surface area contributed by atoms with Crippen LogP contribution in [0.2, 0.25) is 0 Å². The zero-order valence-electron chi connectivity index (χ0n) is 20.3. The van der Waals surface area contributed by atoms with Crippen molar-refractivity contribution in [2.24, 2.45) is 0 Å². The summed E-state index contributed by atoms with van der Waals surface area (Å²) in [7, 11) is 0. The van der Waals surface area contributed by atoms with E-state index in [4.69, 9.17) is 10.1 Å². The first-order chi connectivity index (χ1) is 15.0. The number of carbonyl (C=O) groups excluding carboxylic acids is 1. The maximum atomic E-state index is 13.7. The Kier molecular flexibility index (Phi) is 6.11. The lowest BCUT2D eigenvalue weighted by Crippen LogP contribution is -2.48. The molecule has 3 aromatic heterocycles. The molecule has 0 atom stereocenters. The molecule has 0 aliphatic carbocycles. The smallest absolute Gasteiger partial charge is 0.254 e. The minimum Gasteiger partial charge on any atom is -0.336 e. The lowest BCUT2D eigenvalue weighted by atomic mass is 10.0. The summed E-state index contributed by atoms with van der Waals surface area (Å²) in [5.74, 6) is 0.313. The van der Waals surface area contributed by atoms with Crippen molar-refractivity contribution in [1.82, 2.24) is 29.5 Å². The van der Waals surface area contributed by atoms with Gasteiger partial charge in [0.2, 0.25) is 0 Å². The van der Waals surface area contributed by atoms with E-state index in [2.05, 4.69) is 49.9 Å². The predicted molar refractivity (Wildman–Crippen MR) is 129 cm³/mol. The van der Waals surface area contributed by atoms with Crippen molar-refractivity contribution >= 4 is 28.3 Å². The molecule has 1 aliphatic heterocycles. The molecule has 0 bridgehead atoms. The Morgan fingerprint density at radius 1 is 1.12 bits per heavy atom. The van der Waals surface area contributed by atoms with E-state index in [-0.39, 0.29) is 17.4 Å². The first-order valence-corrected chi connectivity index (χ1v) is 12.3. The van der Waals surface area contributed by atoms with E-state index in [9.17, 15) is 4.79 Å². The third-order valence-electron chi connectivity index (χ3n) is 6.00. The molecule has 0 N–H and O–H groups in total. The number of rotatable bonds is 4. The lowest BCUT2D eigenvalue weighted by molar-refractivity contribution is 0.0629. The van der Waals surface area contributed by atoms with Gasteiger partial charge >= 0.3 is 0 Å². The minimum atomic E-state index is -0.213. The molecule has 32 heavy (non-hydrogen) atoms. The van der Waals surface area contributed by atoms with Gasteiger partial charge in [0, 0.05) is 43.8 Å². The van der Waals surface area contributed by atoms with Gasteiger partial charge in [0.25, 0.3) is 5.91 Å². The number of nitrogens with zero attached hydrogens (tertiary/aromatic N) is 6. The van der Waals surface area contributed by atoms with Crippen molar-refractivity contribution in [3.63, 3.8) is 0 Å². The molecule has 1 fully saturated rings. The topological polar surface area (TPSA) is 67.2 Å². The summed E-state index contributed by atoms with van der Waals surface area (Å²) in [4.78, 5) is 27.6. The van der Waals surface area contributed by atoms with E-state index in [1.807, 2.05) is 29.5 Å². The van der Waals surface area contributed by atoms with E-state index in [0.717, 1.165) is 71.4 Å². The maximum Gasteiger partial charge on any atom is 0.254 e. The number of aryl methyl sites for hydroxylation is 2. The van der Waals surface area contributed by atoms with Gasteiger partial charge in [-0.25, -0.2) is 14.6 Å². The van der Waals surface area contributed by atoms with Crippen LogP contribution in [0.1, 0.15) is 73.0 Å². The second-order valence-electron chi connectivity index (χ2n) is 10.0. The molecule has 4 heterocycles. The van der Waals surface area contributed by atoms with Crippen molar-refractivity contribution in [3.8, 4) is 0 Å². The molecule has 3 aromatic rings. The second-order valence-corrected chi connectivity index (χ2v) is 11.1. The van der Waals surface area contributed by atoms with Gasteiger partial charge in [0.1, 0.15) is 0 Å². The quantitative estimate of drug-likeness (QED) is 0.587. The Bertz CT molecular complexity index is 1130. The number of aromatic nitrogens is 4. The van der Waals surface area contributed by atoms with Crippen LogP contribution in [-0.4, -0.2) is 61.6 Å². The number of piperazine rings is 1. The summed E-state index contributed by atoms with van der Waals surface area (Å²) < 4.78 is 1.97. The summed E-state index contributed by atoms with van der Waals surface area (Å²) >= 11 is 1.69. The minimum absolute atomic E-state index is 0.0833. The third kappa shape index (κ3) is 4.43. The zero-order chi connectivity index (χ0) is 23.2. The van der Waals surface area contributed by atoms with E-state index in [1.165, 1.54) is 0 Å². The number of carbonyl (C=O) groups is 1. The van der Waals surface area contributed by atoms with Gasteiger partial charge in [-0.1, -0.05) is 13.8 Å². The molecule has 7 nitrogen and oxygen atoms in total. The van der Waals surface area contributed by atoms with Crippen molar-refractivity contribution in [2.45, 2.75) is 66.5 Å². The fourth-order valence-electron chi connectivity index (χ4n) is 4.23. The number of fused-ring (bicyclic) bond motifs is 1. The summed E-state index contributed by atoms with van der Waals surface area (Å²) in [5.41, 5.74) is 4.24. The Morgan fingerprint density at radius 2 is 1.81 bits per heavy atom. The van der Waals surface area contributed by atoms with Crippen molar-refractivity contribution < 1.29 is 4.79 Å². The van der Waals surface area contributed by atoms with Crippen molar-refractivity contribution in [3.05, 3.63) is 39.1 Å². The molecule has 1 saturated heterocycles. The van der Waals surface area contributed by atoms with Crippen LogP contribution in [0.5, 0.6) is 0 Å². The summed E-state index contributed by atoms with van der Waals surface area (Å²) in [5, 5.41) is 8.89. The average molecular weight is 455 g/mol. The Hall–Kier alpha value is -2.32. The van der Waals surface area contributed by atoms with Crippen molar-refractivity contribution in [2.75, 3.05) is 26.2 Å². The highest BCUT2D eigenvalue weighted by Gasteiger charge is 2.29. The van der Waals surface area contributed by atoms with Crippen LogP contribution in [-0.2, 0) is 12.1 Å². The SMILES string of the molecule is Cc1nc(CN2CCN(C(=O)c3cc(C(C)C)nc4c3c(C)nn4C(C)(C)C)CC2)cs1. The first kappa shape index (κ1) is 22.9. The number of amides is 1. The average Bonchev–Trinajstić information content (AvgIpc) is 3.30. The van der Waals surface area contributed by atoms with Gasteiger partial charge < -0.3 is 4.90 Å². The molecule has 0 unspecified atom stereocenters. The van der Waals surface area contributed by atoms with Gasteiger partial charge in [-0.15, -0.1) is 11.3 Å². The van der Waals surface area contributed by atoms with E-state index in [0.29, 0.717) is 0 Å². The molecular formula is C24H34N6OS. The summed E-state index contributed by atoms with van der Waals surface area (Å²) in [6.07, 6.45) is 0. The van der Waals surface area contributed by atoms with Gasteiger partial charge in [0.15, 0.2) is 5.65 Å². The molecule has 0 radical (unpaired) electrons. The summed E-state index contributed by atoms with van der Waals surface area (Å²) in [6, 6.07) is 1.99. The van der Waals surface area contributed by atoms with Crippen LogP contribution in [0, 0.1) is 13.8 Å². The van der Waals surface area contributed by atoms with Crippen LogP contribution in [0.15, 0.2) is 11.4 Å². The summed E-state index contributed by atoms with van der Waals surface area (Å²) in [6.45, 7) is 18.6. The van der Waals surface area contributed by atoms with Crippen LogP contribution >= 0.6 is 11.3 Å². The van der Waals surface area contributed by atoms with Crippen LogP contribution in [0.4, 0.5) is 0 Å². The number of thiazole rings is 1. The number of hydrogen-bond donors (Lipinski definition) is 0. The Morgan fingerprint density at radius 3 is 2.38 bits per heavy atom. The van der Waals surface area contributed by atoms with Crippen LogP contribution < -0.4 is 0 Å². The molecule has 0 aromatic carbocycles. The number of pyridine rings is 1. The zero-order valence-corrected chi connectivity index (χ0v) is 21.1. The highest BCUT2D eigenvalue weighted by atomic mass is 32.1. The van der Waals surface area contributed by atoms with Gasteiger partial charge in [-0.2, -0.15) is 5.10 Å².